The molecule has 1 heterocycles. The zero-order chi connectivity index (χ0) is 22.8. The van der Waals surface area contributed by atoms with E-state index in [0.717, 1.165) is 0 Å². The smallest absolute Gasteiger partial charge is 0.342 e. The first-order chi connectivity index (χ1) is 13.8. The fraction of sp³-hybridized carbons (Fsp3) is 0.857. The van der Waals surface area contributed by atoms with Gasteiger partial charge < -0.3 is 40.1 Å². The molecule has 11 atom stereocenters. The maximum absolute atomic E-state index is 12.7. The van der Waals surface area contributed by atoms with Crippen LogP contribution in [-0.2, 0) is 14.3 Å². The van der Waals surface area contributed by atoms with E-state index in [9.17, 15) is 35.4 Å². The molecule has 0 amide bonds. The molecule has 0 radical (unpaired) electrons. The number of carbonyl (C=O) groups is 1. The minimum absolute atomic E-state index is 0.00292. The summed E-state index contributed by atoms with van der Waals surface area (Å²) in [6.45, 7) is 6.11. The summed E-state index contributed by atoms with van der Waals surface area (Å²) in [6, 6.07) is 0. The summed E-state index contributed by atoms with van der Waals surface area (Å²) >= 11 is 0. The van der Waals surface area contributed by atoms with Crippen LogP contribution < -0.4 is 0 Å². The Morgan fingerprint density at radius 2 is 1.70 bits per heavy atom. The van der Waals surface area contributed by atoms with E-state index in [1.54, 1.807) is 13.8 Å². The molecule has 30 heavy (non-hydrogen) atoms. The van der Waals surface area contributed by atoms with E-state index in [2.05, 4.69) is 0 Å². The van der Waals surface area contributed by atoms with Crippen molar-refractivity contribution in [1.29, 1.82) is 0 Å². The first-order valence-electron chi connectivity index (χ1n) is 10.3. The second-order valence-corrected chi connectivity index (χ2v) is 9.63. The van der Waals surface area contributed by atoms with Gasteiger partial charge in [-0.2, -0.15) is 0 Å². The van der Waals surface area contributed by atoms with Gasteiger partial charge in [-0.15, -0.1) is 0 Å². The Morgan fingerprint density at radius 3 is 2.27 bits per heavy atom. The zero-order valence-electron chi connectivity index (χ0n) is 18.0. The molecule has 2 aliphatic carbocycles. The quantitative estimate of drug-likeness (QED) is 0.224. The van der Waals surface area contributed by atoms with Gasteiger partial charge in [-0.3, -0.25) is 0 Å². The lowest BCUT2D eigenvalue weighted by Crippen LogP contribution is -2.72. The predicted molar refractivity (Wildman–Crippen MR) is 104 cm³/mol. The molecule has 3 aliphatic rings. The molecule has 6 N–H and O–H groups in total. The first-order valence-corrected chi connectivity index (χ1v) is 10.3. The van der Waals surface area contributed by atoms with Gasteiger partial charge in [0.1, 0.15) is 0 Å². The van der Waals surface area contributed by atoms with Gasteiger partial charge in [0.25, 0.3) is 0 Å². The van der Waals surface area contributed by atoms with Gasteiger partial charge in [0.15, 0.2) is 17.3 Å². The average Bonchev–Trinajstić information content (AvgIpc) is 2.86. The van der Waals surface area contributed by atoms with Crippen molar-refractivity contribution in [2.24, 2.45) is 17.3 Å². The van der Waals surface area contributed by atoms with Crippen LogP contribution in [0, 0.1) is 17.3 Å². The second kappa shape index (κ2) is 7.51. The molecular weight excluding hydrogens is 396 g/mol. The van der Waals surface area contributed by atoms with E-state index in [0.29, 0.717) is 5.57 Å². The van der Waals surface area contributed by atoms with Gasteiger partial charge in [-0.1, -0.05) is 19.4 Å². The molecule has 1 aliphatic heterocycles. The molecule has 0 bridgehead atoms. The molecule has 0 spiro atoms. The summed E-state index contributed by atoms with van der Waals surface area (Å²) in [7, 11) is 1.22. The molecule has 2 fully saturated rings. The molecule has 1 saturated carbocycles. The highest BCUT2D eigenvalue weighted by atomic mass is 16.6. The van der Waals surface area contributed by atoms with Crippen molar-refractivity contribution in [1.82, 2.24) is 0 Å². The lowest BCUT2D eigenvalue weighted by atomic mass is 9.52. The van der Waals surface area contributed by atoms with Crippen LogP contribution in [0.5, 0.6) is 0 Å². The lowest BCUT2D eigenvalue weighted by Gasteiger charge is -2.57. The SMILES string of the molecule is CO[C@]1(C)C(=O)O[C@H]2/C=C(/C)C[C@H](O)[C@H](O)[C@]3(C)[C@H]([C@@H](C)[C@@H](O)C[C@@H]3O)[C@H](O)[C@@]21O. The highest BCUT2D eigenvalue weighted by molar-refractivity contribution is 5.84. The number of carbonyl (C=O) groups excluding carboxylic acids is 1. The molecule has 9 nitrogen and oxygen atoms in total. The van der Waals surface area contributed by atoms with Crippen molar-refractivity contribution in [2.45, 2.75) is 88.4 Å². The monoisotopic (exact) mass is 430 g/mol. The molecular formula is C21H34O9. The van der Waals surface area contributed by atoms with Crippen molar-refractivity contribution >= 4 is 5.97 Å². The number of fused-ring (bicyclic) bond motifs is 2. The number of aliphatic hydroxyl groups is 6. The topological polar surface area (TPSA) is 157 Å². The Kier molecular flexibility index (Phi) is 5.91. The van der Waals surface area contributed by atoms with Crippen molar-refractivity contribution in [2.75, 3.05) is 7.11 Å². The highest BCUT2D eigenvalue weighted by Crippen LogP contribution is 2.55. The van der Waals surface area contributed by atoms with Crippen LogP contribution in [0.3, 0.4) is 0 Å². The van der Waals surface area contributed by atoms with Crippen LogP contribution in [0.2, 0.25) is 0 Å². The average molecular weight is 430 g/mol. The van der Waals surface area contributed by atoms with E-state index in [1.807, 2.05) is 0 Å². The Balaban J connectivity index is 2.29. The summed E-state index contributed by atoms with van der Waals surface area (Å²) in [5.74, 6) is -2.67. The van der Waals surface area contributed by atoms with Gasteiger partial charge in [-0.05, 0) is 32.3 Å². The third kappa shape index (κ3) is 2.91. The van der Waals surface area contributed by atoms with E-state index >= 15 is 0 Å². The predicted octanol–water partition coefficient (Wildman–Crippen LogP) is -1.14. The van der Waals surface area contributed by atoms with Crippen molar-refractivity contribution in [3.8, 4) is 0 Å². The number of hydrogen-bond donors (Lipinski definition) is 6. The van der Waals surface area contributed by atoms with Crippen molar-refractivity contribution in [3.63, 3.8) is 0 Å². The molecule has 0 aromatic carbocycles. The Bertz CT molecular complexity index is 725. The number of rotatable bonds is 1. The lowest BCUT2D eigenvalue weighted by molar-refractivity contribution is -0.263. The van der Waals surface area contributed by atoms with Crippen LogP contribution in [0.15, 0.2) is 11.6 Å². The Morgan fingerprint density at radius 1 is 1.10 bits per heavy atom. The van der Waals surface area contributed by atoms with E-state index in [4.69, 9.17) is 9.47 Å². The maximum atomic E-state index is 12.7. The number of aliphatic hydroxyl groups excluding tert-OH is 5. The normalized spacial score (nSPS) is 56.4. The van der Waals surface area contributed by atoms with Gasteiger partial charge >= 0.3 is 5.97 Å². The minimum Gasteiger partial charge on any atom is -0.453 e. The van der Waals surface area contributed by atoms with Crippen LogP contribution in [0.25, 0.3) is 0 Å². The van der Waals surface area contributed by atoms with Gasteiger partial charge in [0.2, 0.25) is 0 Å². The maximum Gasteiger partial charge on any atom is 0.342 e. The number of esters is 1. The molecule has 0 aromatic rings. The third-order valence-corrected chi connectivity index (χ3v) is 8.06. The van der Waals surface area contributed by atoms with Crippen LogP contribution >= 0.6 is 0 Å². The summed E-state index contributed by atoms with van der Waals surface area (Å²) in [5, 5.41) is 66.6. The Hall–Kier alpha value is -1.07. The summed E-state index contributed by atoms with van der Waals surface area (Å²) in [4.78, 5) is 12.7. The van der Waals surface area contributed by atoms with Crippen LogP contribution in [0.1, 0.15) is 40.5 Å². The first kappa shape index (κ1) is 23.6. The highest BCUT2D eigenvalue weighted by Gasteiger charge is 2.72. The van der Waals surface area contributed by atoms with Gasteiger partial charge in [0.05, 0.1) is 30.5 Å². The van der Waals surface area contributed by atoms with E-state index in [1.165, 1.54) is 27.0 Å². The summed E-state index contributed by atoms with van der Waals surface area (Å²) in [6.07, 6.45) is -6.77. The third-order valence-electron chi connectivity index (χ3n) is 8.06. The van der Waals surface area contributed by atoms with Gasteiger partial charge in [-0.25, -0.2) is 4.79 Å². The summed E-state index contributed by atoms with van der Waals surface area (Å²) in [5.41, 5.74) is -5.20. The van der Waals surface area contributed by atoms with Crippen LogP contribution in [0.4, 0.5) is 0 Å². The fourth-order valence-electron chi connectivity index (χ4n) is 5.81. The molecule has 3 rings (SSSR count). The molecule has 0 unspecified atom stereocenters. The summed E-state index contributed by atoms with van der Waals surface area (Å²) < 4.78 is 10.7. The molecule has 172 valence electrons. The van der Waals surface area contributed by atoms with E-state index in [-0.39, 0.29) is 12.8 Å². The van der Waals surface area contributed by atoms with E-state index < -0.39 is 71.0 Å². The van der Waals surface area contributed by atoms with Gasteiger partial charge in [0, 0.05) is 24.9 Å². The molecule has 0 aromatic heterocycles. The molecule has 1 saturated heterocycles. The second-order valence-electron chi connectivity index (χ2n) is 9.63. The number of hydrogen-bond acceptors (Lipinski definition) is 9. The Labute approximate surface area is 175 Å². The number of methoxy groups -OCH3 is 1. The standard InChI is InChI=1S/C21H34O9/c1-9-6-12(23)16(25)19(3)13(24)8-11(22)10(2)15(19)17(26)21(28)14(7-9)30-18(27)20(21,4)29-5/h7,10-17,22-26,28H,6,8H2,1-5H3/b9-7-/t10-,11-,12-,13-,14-,15+,16-,17-,19-,20+,21-/m0/s1. The largest absolute Gasteiger partial charge is 0.453 e. The minimum atomic E-state index is -2.28. The van der Waals surface area contributed by atoms with Crippen molar-refractivity contribution in [3.05, 3.63) is 11.6 Å². The van der Waals surface area contributed by atoms with Crippen molar-refractivity contribution < 1.29 is 44.9 Å². The molecule has 9 heteroatoms. The fourth-order valence-corrected chi connectivity index (χ4v) is 5.81. The van der Waals surface area contributed by atoms with Crippen LogP contribution in [-0.4, -0.2) is 91.5 Å². The number of ether oxygens (including phenoxy) is 2. The zero-order valence-corrected chi connectivity index (χ0v) is 18.0.